The number of rotatable bonds is 10. The minimum atomic E-state index is -0.602. The third-order valence-corrected chi connectivity index (χ3v) is 1.87. The number of aliphatic hydroxyl groups excluding tert-OH is 1. The fraction of sp³-hybridized carbons (Fsp3) is 0.727. The summed E-state index contributed by atoms with van der Waals surface area (Å²) in [4.78, 5) is 11.5. The molecule has 0 radical (unpaired) electrons. The fourth-order valence-corrected chi connectivity index (χ4v) is 1.00. The third kappa shape index (κ3) is 6.68. The Bertz CT molecular complexity index is 214. The molecular weight excluding hydrogens is 212 g/mol. The first-order valence-corrected chi connectivity index (χ1v) is 5.12. The molecule has 1 atom stereocenters. The molecule has 0 rings (SSSR count). The summed E-state index contributed by atoms with van der Waals surface area (Å²) in [6.07, 6.45) is -0.602. The van der Waals surface area contributed by atoms with Gasteiger partial charge in [-0.1, -0.05) is 6.58 Å². The summed E-state index contributed by atoms with van der Waals surface area (Å²) < 4.78 is 15.2. The molecule has 0 aliphatic carbocycles. The van der Waals surface area contributed by atoms with Crippen LogP contribution in [0.5, 0.6) is 0 Å². The van der Waals surface area contributed by atoms with Crippen LogP contribution in [0.2, 0.25) is 0 Å². The molecule has 0 fully saturated rings. The van der Waals surface area contributed by atoms with Crippen LogP contribution in [0.25, 0.3) is 0 Å². The lowest BCUT2D eigenvalue weighted by atomic mass is 10.1. The van der Waals surface area contributed by atoms with E-state index in [0.717, 1.165) is 0 Å². The molecule has 0 saturated carbocycles. The maximum atomic E-state index is 11.5. The molecule has 0 saturated heterocycles. The van der Waals surface area contributed by atoms with E-state index in [1.54, 1.807) is 6.92 Å². The van der Waals surface area contributed by atoms with E-state index >= 15 is 0 Å². The molecule has 0 aromatic rings. The summed E-state index contributed by atoms with van der Waals surface area (Å²) in [7, 11) is 1.46. The van der Waals surface area contributed by atoms with Crippen molar-refractivity contribution in [2.75, 3.05) is 40.1 Å². The van der Waals surface area contributed by atoms with E-state index in [-0.39, 0.29) is 19.0 Å². The number of carbonyl (C=O) groups excluding carboxylic acids is 1. The Morgan fingerprint density at radius 2 is 1.94 bits per heavy atom. The molecule has 5 heteroatoms. The third-order valence-electron chi connectivity index (χ3n) is 1.87. The summed E-state index contributed by atoms with van der Waals surface area (Å²) in [5, 5.41) is 8.44. The number of hydrogen-bond acceptors (Lipinski definition) is 5. The predicted molar refractivity (Wildman–Crippen MR) is 59.3 cm³/mol. The molecule has 0 bridgehead atoms. The summed E-state index contributed by atoms with van der Waals surface area (Å²) in [5.74, 6) is -0.154. The average molecular weight is 232 g/mol. The number of aliphatic hydroxyl groups is 1. The number of hydrogen-bond donors (Lipinski definition) is 1. The lowest BCUT2D eigenvalue weighted by Gasteiger charge is -2.14. The molecular formula is C11H20O5. The van der Waals surface area contributed by atoms with Crippen LogP contribution >= 0.6 is 0 Å². The number of carbonyl (C=O) groups is 1. The SMILES string of the molecule is C=C(C)C(=O)C(COCCOCCO)OC. The van der Waals surface area contributed by atoms with Gasteiger partial charge in [0.15, 0.2) is 5.78 Å². The van der Waals surface area contributed by atoms with Crippen LogP contribution in [-0.2, 0) is 19.0 Å². The largest absolute Gasteiger partial charge is 0.394 e. The van der Waals surface area contributed by atoms with E-state index in [4.69, 9.17) is 19.3 Å². The quantitative estimate of drug-likeness (QED) is 0.430. The Hall–Kier alpha value is -0.750. The summed E-state index contributed by atoms with van der Waals surface area (Å²) in [6, 6.07) is 0. The van der Waals surface area contributed by atoms with Crippen molar-refractivity contribution in [3.8, 4) is 0 Å². The lowest BCUT2D eigenvalue weighted by molar-refractivity contribution is -0.128. The van der Waals surface area contributed by atoms with Gasteiger partial charge in [-0.25, -0.2) is 0 Å². The van der Waals surface area contributed by atoms with Gasteiger partial charge in [0.1, 0.15) is 6.10 Å². The molecule has 0 amide bonds. The molecule has 5 nitrogen and oxygen atoms in total. The highest BCUT2D eigenvalue weighted by Crippen LogP contribution is 2.01. The molecule has 0 aromatic heterocycles. The van der Waals surface area contributed by atoms with E-state index in [2.05, 4.69) is 6.58 Å². The van der Waals surface area contributed by atoms with Gasteiger partial charge in [0.2, 0.25) is 0 Å². The predicted octanol–water partition coefficient (Wildman–Crippen LogP) is 0.172. The van der Waals surface area contributed by atoms with Crippen LogP contribution in [0.4, 0.5) is 0 Å². The van der Waals surface area contributed by atoms with E-state index in [9.17, 15) is 4.79 Å². The first-order valence-electron chi connectivity index (χ1n) is 5.12. The standard InChI is InChI=1S/C11H20O5/c1-9(2)11(13)10(14-3)8-16-7-6-15-5-4-12/h10,12H,1,4-8H2,2-3H3. The van der Waals surface area contributed by atoms with Crippen molar-refractivity contribution < 1.29 is 24.1 Å². The van der Waals surface area contributed by atoms with Crippen LogP contribution in [0.3, 0.4) is 0 Å². The van der Waals surface area contributed by atoms with Gasteiger partial charge >= 0.3 is 0 Å². The zero-order chi connectivity index (χ0) is 12.4. The molecule has 1 unspecified atom stereocenters. The Kier molecular flexibility index (Phi) is 9.03. The Labute approximate surface area is 96.0 Å². The average Bonchev–Trinajstić information content (AvgIpc) is 2.27. The van der Waals surface area contributed by atoms with E-state index < -0.39 is 6.10 Å². The molecule has 0 aliphatic heterocycles. The van der Waals surface area contributed by atoms with E-state index in [1.165, 1.54) is 7.11 Å². The van der Waals surface area contributed by atoms with Crippen molar-refractivity contribution in [3.63, 3.8) is 0 Å². The first kappa shape index (κ1) is 15.2. The van der Waals surface area contributed by atoms with Gasteiger partial charge in [-0.2, -0.15) is 0 Å². The van der Waals surface area contributed by atoms with Gasteiger partial charge in [0.05, 0.1) is 33.0 Å². The highest BCUT2D eigenvalue weighted by Gasteiger charge is 2.17. The molecule has 0 heterocycles. The van der Waals surface area contributed by atoms with Gasteiger partial charge in [-0.15, -0.1) is 0 Å². The molecule has 0 spiro atoms. The molecule has 0 aliphatic rings. The number of Topliss-reactive ketones (excluding diaryl/α,β-unsaturated/α-hetero) is 1. The van der Waals surface area contributed by atoms with Crippen molar-refractivity contribution in [2.24, 2.45) is 0 Å². The Morgan fingerprint density at radius 3 is 2.44 bits per heavy atom. The number of ketones is 1. The Balaban J connectivity index is 3.63. The maximum absolute atomic E-state index is 11.5. The Morgan fingerprint density at radius 1 is 1.31 bits per heavy atom. The van der Waals surface area contributed by atoms with Crippen molar-refractivity contribution in [3.05, 3.63) is 12.2 Å². The minimum Gasteiger partial charge on any atom is -0.394 e. The van der Waals surface area contributed by atoms with Gasteiger partial charge in [-0.05, 0) is 12.5 Å². The molecule has 16 heavy (non-hydrogen) atoms. The monoisotopic (exact) mass is 232 g/mol. The molecule has 0 aromatic carbocycles. The zero-order valence-electron chi connectivity index (χ0n) is 9.90. The summed E-state index contributed by atoms with van der Waals surface area (Å²) in [6.45, 7) is 6.42. The van der Waals surface area contributed by atoms with Gasteiger partial charge in [0.25, 0.3) is 0 Å². The molecule has 1 N–H and O–H groups in total. The first-order chi connectivity index (χ1) is 7.63. The highest BCUT2D eigenvalue weighted by atomic mass is 16.5. The maximum Gasteiger partial charge on any atom is 0.189 e. The van der Waals surface area contributed by atoms with Crippen molar-refractivity contribution in [1.82, 2.24) is 0 Å². The van der Waals surface area contributed by atoms with E-state index in [1.807, 2.05) is 0 Å². The zero-order valence-corrected chi connectivity index (χ0v) is 9.90. The second kappa shape index (κ2) is 9.47. The van der Waals surface area contributed by atoms with Crippen LogP contribution in [0.1, 0.15) is 6.92 Å². The van der Waals surface area contributed by atoms with Gasteiger partial charge in [0, 0.05) is 7.11 Å². The second-order valence-electron chi connectivity index (χ2n) is 3.28. The normalized spacial score (nSPS) is 12.4. The van der Waals surface area contributed by atoms with Gasteiger partial charge < -0.3 is 19.3 Å². The summed E-state index contributed by atoms with van der Waals surface area (Å²) >= 11 is 0. The highest BCUT2D eigenvalue weighted by molar-refractivity contribution is 5.97. The van der Waals surface area contributed by atoms with Crippen molar-refractivity contribution in [2.45, 2.75) is 13.0 Å². The van der Waals surface area contributed by atoms with Crippen molar-refractivity contribution in [1.29, 1.82) is 0 Å². The smallest absolute Gasteiger partial charge is 0.189 e. The van der Waals surface area contributed by atoms with Crippen LogP contribution in [-0.4, -0.2) is 57.1 Å². The molecule has 94 valence electrons. The van der Waals surface area contributed by atoms with Crippen LogP contribution in [0.15, 0.2) is 12.2 Å². The minimum absolute atomic E-state index is 0.00512. The number of methoxy groups -OCH3 is 1. The fourth-order valence-electron chi connectivity index (χ4n) is 1.00. The summed E-state index contributed by atoms with van der Waals surface area (Å²) in [5.41, 5.74) is 0.451. The van der Waals surface area contributed by atoms with Crippen LogP contribution in [0, 0.1) is 0 Å². The van der Waals surface area contributed by atoms with E-state index in [0.29, 0.717) is 25.4 Å². The van der Waals surface area contributed by atoms with Crippen LogP contribution < -0.4 is 0 Å². The van der Waals surface area contributed by atoms with Crippen molar-refractivity contribution >= 4 is 5.78 Å². The van der Waals surface area contributed by atoms with Gasteiger partial charge in [-0.3, -0.25) is 4.79 Å². The number of ether oxygens (including phenoxy) is 3. The second-order valence-corrected chi connectivity index (χ2v) is 3.28. The lowest BCUT2D eigenvalue weighted by Crippen LogP contribution is -2.29. The topological polar surface area (TPSA) is 65.0 Å².